The molecule has 78 valence electrons. The Balaban J connectivity index is 3.12. The molecule has 0 N–H and O–H groups in total. The van der Waals surface area contributed by atoms with Gasteiger partial charge in [-0.25, -0.2) is 0 Å². The fourth-order valence-corrected chi connectivity index (χ4v) is 1.96. The zero-order valence-electron chi connectivity index (χ0n) is 9.51. The van der Waals surface area contributed by atoms with Crippen molar-refractivity contribution in [3.63, 3.8) is 0 Å². The number of thiol groups is 1. The first-order valence-corrected chi connectivity index (χ1v) is 5.23. The Labute approximate surface area is 91.6 Å². The van der Waals surface area contributed by atoms with Crippen LogP contribution in [0.4, 0.5) is 0 Å². The third-order valence-electron chi connectivity index (χ3n) is 2.12. The van der Waals surface area contributed by atoms with E-state index >= 15 is 0 Å². The topological polar surface area (TPSA) is 13.1 Å². The Kier molecular flexibility index (Phi) is 3.15. The minimum absolute atomic E-state index is 0.0831. The number of furan rings is 1. The molecule has 0 unspecified atom stereocenters. The summed E-state index contributed by atoms with van der Waals surface area (Å²) in [5.74, 6) is 0.980. The number of hydrogen-bond donors (Lipinski definition) is 1. The number of hydrogen-bond acceptors (Lipinski definition) is 2. The monoisotopic (exact) mass is 210 g/mol. The highest BCUT2D eigenvalue weighted by molar-refractivity contribution is 7.82. The van der Waals surface area contributed by atoms with Gasteiger partial charge in [0.2, 0.25) is 0 Å². The zero-order valence-corrected chi connectivity index (χ0v) is 10.4. The van der Waals surface area contributed by atoms with Crippen molar-refractivity contribution in [3.05, 3.63) is 29.2 Å². The number of aryl methyl sites for hydroxylation is 2. The molecule has 0 aromatic carbocycles. The molecular formula is C12H18OS. The SMILES string of the molecule is C/C(=C\C(C)(C)S)c1c(C)coc1C. The van der Waals surface area contributed by atoms with Gasteiger partial charge in [-0.15, -0.1) is 0 Å². The van der Waals surface area contributed by atoms with Crippen molar-refractivity contribution in [2.45, 2.75) is 39.4 Å². The van der Waals surface area contributed by atoms with E-state index in [-0.39, 0.29) is 4.75 Å². The molecule has 0 aliphatic heterocycles. The minimum Gasteiger partial charge on any atom is -0.469 e. The van der Waals surface area contributed by atoms with Crippen LogP contribution in [-0.4, -0.2) is 4.75 Å². The van der Waals surface area contributed by atoms with E-state index in [1.165, 1.54) is 16.7 Å². The summed E-state index contributed by atoms with van der Waals surface area (Å²) in [6.45, 7) is 10.3. The van der Waals surface area contributed by atoms with Crippen molar-refractivity contribution < 1.29 is 4.42 Å². The van der Waals surface area contributed by atoms with E-state index in [1.807, 2.05) is 6.92 Å². The molecule has 0 bridgehead atoms. The van der Waals surface area contributed by atoms with Gasteiger partial charge >= 0.3 is 0 Å². The van der Waals surface area contributed by atoms with Crippen molar-refractivity contribution in [2.75, 3.05) is 0 Å². The molecule has 0 spiro atoms. The van der Waals surface area contributed by atoms with E-state index in [9.17, 15) is 0 Å². The van der Waals surface area contributed by atoms with Gasteiger partial charge in [0, 0.05) is 10.3 Å². The van der Waals surface area contributed by atoms with E-state index in [4.69, 9.17) is 4.42 Å². The fourth-order valence-electron chi connectivity index (χ4n) is 1.76. The average molecular weight is 210 g/mol. The van der Waals surface area contributed by atoms with Crippen LogP contribution < -0.4 is 0 Å². The standard InChI is InChI=1S/C12H18OS/c1-8(6-12(4,5)14)11-9(2)7-13-10(11)3/h6-7,14H,1-5H3/b8-6+. The lowest BCUT2D eigenvalue weighted by atomic mass is 10.0. The van der Waals surface area contributed by atoms with Crippen LogP contribution in [0.1, 0.15) is 37.7 Å². The van der Waals surface area contributed by atoms with E-state index in [2.05, 4.69) is 46.4 Å². The Bertz CT molecular complexity index is 333. The average Bonchev–Trinajstić information content (AvgIpc) is 2.27. The van der Waals surface area contributed by atoms with E-state index in [0.717, 1.165) is 5.76 Å². The highest BCUT2D eigenvalue weighted by Crippen LogP contribution is 2.27. The molecule has 0 aliphatic rings. The van der Waals surface area contributed by atoms with Crippen LogP contribution in [0.25, 0.3) is 5.57 Å². The van der Waals surface area contributed by atoms with Gasteiger partial charge in [-0.2, -0.15) is 12.6 Å². The van der Waals surface area contributed by atoms with Crippen LogP contribution in [0.5, 0.6) is 0 Å². The Morgan fingerprint density at radius 1 is 1.43 bits per heavy atom. The maximum atomic E-state index is 5.37. The summed E-state index contributed by atoms with van der Waals surface area (Å²) in [6, 6.07) is 0. The highest BCUT2D eigenvalue weighted by Gasteiger charge is 2.13. The first kappa shape index (κ1) is 11.4. The molecule has 14 heavy (non-hydrogen) atoms. The van der Waals surface area contributed by atoms with Crippen LogP contribution >= 0.6 is 12.6 Å². The van der Waals surface area contributed by atoms with Crippen LogP contribution in [-0.2, 0) is 0 Å². The second kappa shape index (κ2) is 3.85. The summed E-state index contributed by atoms with van der Waals surface area (Å²) in [5.41, 5.74) is 3.63. The lowest BCUT2D eigenvalue weighted by molar-refractivity contribution is 0.532. The van der Waals surface area contributed by atoms with Gasteiger partial charge in [-0.3, -0.25) is 0 Å². The third-order valence-corrected chi connectivity index (χ3v) is 2.25. The molecule has 2 heteroatoms. The Morgan fingerprint density at radius 3 is 2.36 bits per heavy atom. The summed E-state index contributed by atoms with van der Waals surface area (Å²) in [7, 11) is 0. The normalized spacial score (nSPS) is 13.4. The second-order valence-corrected chi connectivity index (χ2v) is 5.48. The van der Waals surface area contributed by atoms with Crippen LogP contribution in [0.3, 0.4) is 0 Å². The van der Waals surface area contributed by atoms with Gasteiger partial charge in [0.15, 0.2) is 0 Å². The predicted molar refractivity (Wildman–Crippen MR) is 64.9 cm³/mol. The lowest BCUT2D eigenvalue weighted by Crippen LogP contribution is -2.05. The quantitative estimate of drug-likeness (QED) is 0.728. The Hall–Kier alpha value is -0.630. The summed E-state index contributed by atoms with van der Waals surface area (Å²) in [6.07, 6.45) is 3.95. The third kappa shape index (κ3) is 2.68. The second-order valence-electron chi connectivity index (χ2n) is 4.33. The van der Waals surface area contributed by atoms with Gasteiger partial charge in [-0.1, -0.05) is 6.08 Å². The smallest absolute Gasteiger partial charge is 0.108 e. The molecule has 0 aliphatic carbocycles. The summed E-state index contributed by atoms with van der Waals surface area (Å²) >= 11 is 4.49. The first-order valence-electron chi connectivity index (χ1n) is 4.78. The molecule has 1 nitrogen and oxygen atoms in total. The first-order chi connectivity index (χ1) is 6.31. The van der Waals surface area contributed by atoms with Crippen LogP contribution in [0.15, 0.2) is 16.8 Å². The molecule has 1 heterocycles. The number of allylic oxidation sites excluding steroid dienone is 1. The van der Waals surface area contributed by atoms with E-state index in [0.29, 0.717) is 0 Å². The molecule has 1 rings (SSSR count). The van der Waals surface area contributed by atoms with Crippen molar-refractivity contribution in [2.24, 2.45) is 0 Å². The molecule has 0 saturated heterocycles. The molecule has 0 radical (unpaired) electrons. The van der Waals surface area contributed by atoms with Crippen molar-refractivity contribution in [1.29, 1.82) is 0 Å². The molecule has 1 aromatic rings. The summed E-state index contributed by atoms with van der Waals surface area (Å²) in [5, 5.41) is 0. The maximum absolute atomic E-state index is 5.37. The zero-order chi connectivity index (χ0) is 10.9. The number of rotatable bonds is 2. The van der Waals surface area contributed by atoms with Crippen LogP contribution in [0, 0.1) is 13.8 Å². The molecular weight excluding hydrogens is 192 g/mol. The largest absolute Gasteiger partial charge is 0.469 e. The predicted octanol–water partition coefficient (Wildman–Crippen LogP) is 4.01. The van der Waals surface area contributed by atoms with Crippen molar-refractivity contribution >= 4 is 18.2 Å². The maximum Gasteiger partial charge on any atom is 0.108 e. The summed E-state index contributed by atoms with van der Waals surface area (Å²) in [4.78, 5) is 0. The van der Waals surface area contributed by atoms with Crippen LogP contribution in [0.2, 0.25) is 0 Å². The highest BCUT2D eigenvalue weighted by atomic mass is 32.1. The minimum atomic E-state index is -0.0831. The molecule has 0 amide bonds. The van der Waals surface area contributed by atoms with Gasteiger partial charge in [0.05, 0.1) is 6.26 Å². The Morgan fingerprint density at radius 2 is 2.00 bits per heavy atom. The van der Waals surface area contributed by atoms with Gasteiger partial charge in [-0.05, 0) is 45.8 Å². The van der Waals surface area contributed by atoms with Gasteiger partial charge < -0.3 is 4.42 Å². The molecule has 0 saturated carbocycles. The van der Waals surface area contributed by atoms with Gasteiger partial charge in [0.1, 0.15) is 5.76 Å². The molecule has 1 aromatic heterocycles. The summed E-state index contributed by atoms with van der Waals surface area (Å²) < 4.78 is 5.28. The molecule has 0 fully saturated rings. The van der Waals surface area contributed by atoms with E-state index < -0.39 is 0 Å². The van der Waals surface area contributed by atoms with Crippen molar-refractivity contribution in [3.8, 4) is 0 Å². The lowest BCUT2D eigenvalue weighted by Gasteiger charge is -2.13. The van der Waals surface area contributed by atoms with Crippen molar-refractivity contribution in [1.82, 2.24) is 0 Å². The molecule has 0 atom stereocenters. The van der Waals surface area contributed by atoms with Gasteiger partial charge in [0.25, 0.3) is 0 Å². The van der Waals surface area contributed by atoms with E-state index in [1.54, 1.807) is 6.26 Å². The fraction of sp³-hybridized carbons (Fsp3) is 0.500.